The number of hydrogen-bond donors (Lipinski definition) is 2. The number of rotatable bonds is 1. The Morgan fingerprint density at radius 1 is 1.24 bits per heavy atom. The van der Waals surface area contributed by atoms with Crippen LogP contribution in [0, 0.1) is 5.92 Å². The Morgan fingerprint density at radius 3 is 3.04 bits per heavy atom. The van der Waals surface area contributed by atoms with Gasteiger partial charge in [-0.3, -0.25) is 4.79 Å². The molecule has 0 spiro atoms. The fraction of sp³-hybridized carbons (Fsp3) is 0.444. The molecule has 132 valence electrons. The summed E-state index contributed by atoms with van der Waals surface area (Å²) in [6.45, 7) is 2.96. The molecule has 4 bridgehead atoms. The Labute approximate surface area is 145 Å². The summed E-state index contributed by atoms with van der Waals surface area (Å²) in [7, 11) is 0. The number of primary amides is 1. The third-order valence-electron chi connectivity index (χ3n) is 4.67. The van der Waals surface area contributed by atoms with E-state index >= 15 is 0 Å². The Morgan fingerprint density at radius 2 is 2.16 bits per heavy atom. The van der Waals surface area contributed by atoms with E-state index in [9.17, 15) is 4.79 Å². The summed E-state index contributed by atoms with van der Waals surface area (Å²) >= 11 is 0. The number of benzene rings is 1. The van der Waals surface area contributed by atoms with Crippen LogP contribution in [0.1, 0.15) is 16.8 Å². The third kappa shape index (κ3) is 3.38. The van der Waals surface area contributed by atoms with Crippen molar-refractivity contribution in [2.45, 2.75) is 12.5 Å². The van der Waals surface area contributed by atoms with Gasteiger partial charge in [0.05, 0.1) is 18.8 Å². The van der Waals surface area contributed by atoms with Gasteiger partial charge in [-0.1, -0.05) is 0 Å². The average molecular weight is 343 g/mol. The van der Waals surface area contributed by atoms with Gasteiger partial charge in [0, 0.05) is 24.2 Å². The predicted octanol–water partition coefficient (Wildman–Crippen LogP) is 1.10. The van der Waals surface area contributed by atoms with Gasteiger partial charge < -0.3 is 25.3 Å². The lowest BCUT2D eigenvalue weighted by atomic mass is 10.1. The van der Waals surface area contributed by atoms with Crippen molar-refractivity contribution in [3.8, 4) is 11.6 Å². The summed E-state index contributed by atoms with van der Waals surface area (Å²) in [4.78, 5) is 16.1. The Hall–Kier alpha value is -2.38. The number of carbonyl (C=O) groups is 1. The molecule has 2 unspecified atom stereocenters. The zero-order valence-electron chi connectivity index (χ0n) is 13.9. The predicted molar refractivity (Wildman–Crippen MR) is 92.0 cm³/mol. The van der Waals surface area contributed by atoms with Gasteiger partial charge in [0.2, 0.25) is 5.88 Å². The van der Waals surface area contributed by atoms with Gasteiger partial charge >= 0.3 is 0 Å². The van der Waals surface area contributed by atoms with Crippen LogP contribution in [-0.4, -0.2) is 49.9 Å². The first kappa shape index (κ1) is 16.1. The second-order valence-electron chi connectivity index (χ2n) is 6.49. The largest absolute Gasteiger partial charge is 0.490 e. The van der Waals surface area contributed by atoms with Gasteiger partial charge in [0.15, 0.2) is 0 Å². The molecule has 25 heavy (non-hydrogen) atoms. The van der Waals surface area contributed by atoms with Gasteiger partial charge in [-0.15, -0.1) is 0 Å². The van der Waals surface area contributed by atoms with Gasteiger partial charge in [-0.05, 0) is 35.9 Å². The van der Waals surface area contributed by atoms with E-state index in [1.807, 2.05) is 6.07 Å². The van der Waals surface area contributed by atoms with Crippen LogP contribution >= 0.6 is 0 Å². The van der Waals surface area contributed by atoms with E-state index in [0.717, 1.165) is 23.7 Å². The molecule has 2 aliphatic rings. The fourth-order valence-electron chi connectivity index (χ4n) is 3.40. The van der Waals surface area contributed by atoms with E-state index in [-0.39, 0.29) is 6.04 Å². The molecule has 1 aromatic carbocycles. The Balaban J connectivity index is 1.73. The summed E-state index contributed by atoms with van der Waals surface area (Å²) in [6, 6.07) is 5.61. The van der Waals surface area contributed by atoms with Crippen molar-refractivity contribution < 1.29 is 19.0 Å². The van der Waals surface area contributed by atoms with Crippen LogP contribution in [0.15, 0.2) is 24.4 Å². The highest BCUT2D eigenvalue weighted by molar-refractivity contribution is 6.01. The van der Waals surface area contributed by atoms with Crippen molar-refractivity contribution in [3.05, 3.63) is 30.0 Å². The van der Waals surface area contributed by atoms with Crippen LogP contribution in [-0.2, 0) is 4.74 Å². The first-order valence-corrected chi connectivity index (χ1v) is 8.50. The molecule has 4 rings (SSSR count). The molecule has 2 atom stereocenters. The van der Waals surface area contributed by atoms with Crippen molar-refractivity contribution in [1.29, 1.82) is 0 Å². The van der Waals surface area contributed by atoms with Gasteiger partial charge in [0.1, 0.15) is 19.0 Å². The van der Waals surface area contributed by atoms with E-state index in [4.69, 9.17) is 19.9 Å². The summed E-state index contributed by atoms with van der Waals surface area (Å²) in [5, 5.41) is 5.10. The zero-order chi connectivity index (χ0) is 17.2. The standard InChI is InChI=1S/C18H21N3O4/c19-17(22)15-6-12-1-2-20-18-14(12)7-16(15)24-4-3-23-9-11-5-13(10-25-18)21-8-11/h1-2,6-7,11,13,21H,3-5,8-10H2,(H2,19,22). The molecule has 1 aromatic heterocycles. The zero-order valence-corrected chi connectivity index (χ0v) is 13.9. The summed E-state index contributed by atoms with van der Waals surface area (Å²) < 4.78 is 17.4. The minimum absolute atomic E-state index is 0.286. The number of nitrogens with zero attached hydrogens (tertiary/aromatic N) is 1. The van der Waals surface area contributed by atoms with E-state index in [0.29, 0.717) is 49.5 Å². The molecule has 0 saturated carbocycles. The fourth-order valence-corrected chi connectivity index (χ4v) is 3.40. The van der Waals surface area contributed by atoms with Crippen molar-refractivity contribution in [3.63, 3.8) is 0 Å². The number of nitrogens with two attached hydrogens (primary N) is 1. The molecule has 1 amide bonds. The molecular formula is C18H21N3O4. The number of ether oxygens (including phenoxy) is 3. The van der Waals surface area contributed by atoms with Crippen molar-refractivity contribution in [1.82, 2.24) is 10.3 Å². The lowest BCUT2D eigenvalue weighted by Gasteiger charge is -2.16. The number of amides is 1. The molecule has 1 fully saturated rings. The topological polar surface area (TPSA) is 95.7 Å². The summed E-state index contributed by atoms with van der Waals surface area (Å²) in [6.07, 6.45) is 2.69. The van der Waals surface area contributed by atoms with Gasteiger partial charge in [-0.2, -0.15) is 0 Å². The van der Waals surface area contributed by atoms with Gasteiger partial charge in [-0.25, -0.2) is 4.98 Å². The molecule has 0 aliphatic carbocycles. The number of carbonyl (C=O) groups excluding carboxylic acids is 1. The summed E-state index contributed by atoms with van der Waals surface area (Å²) in [5.41, 5.74) is 5.85. The number of pyridine rings is 1. The summed E-state index contributed by atoms with van der Waals surface area (Å²) in [5.74, 6) is 0.913. The first-order chi connectivity index (χ1) is 12.2. The maximum absolute atomic E-state index is 11.8. The van der Waals surface area contributed by atoms with Crippen LogP contribution in [0.4, 0.5) is 0 Å². The Bertz CT molecular complexity index is 795. The highest BCUT2D eigenvalue weighted by Gasteiger charge is 2.25. The van der Waals surface area contributed by atoms with E-state index in [2.05, 4.69) is 10.3 Å². The van der Waals surface area contributed by atoms with Crippen LogP contribution < -0.4 is 20.5 Å². The molecule has 1 saturated heterocycles. The molecule has 2 aliphatic heterocycles. The third-order valence-corrected chi connectivity index (χ3v) is 4.67. The molecular weight excluding hydrogens is 322 g/mol. The number of hydrogen-bond acceptors (Lipinski definition) is 6. The van der Waals surface area contributed by atoms with Crippen molar-refractivity contribution >= 4 is 16.7 Å². The second-order valence-corrected chi connectivity index (χ2v) is 6.49. The molecule has 7 heteroatoms. The van der Waals surface area contributed by atoms with Crippen LogP contribution in [0.3, 0.4) is 0 Å². The highest BCUT2D eigenvalue weighted by atomic mass is 16.5. The minimum Gasteiger partial charge on any atom is -0.490 e. The van der Waals surface area contributed by atoms with E-state index in [1.165, 1.54) is 0 Å². The molecule has 3 heterocycles. The van der Waals surface area contributed by atoms with Crippen molar-refractivity contribution in [2.24, 2.45) is 11.7 Å². The Kier molecular flexibility index (Phi) is 4.42. The van der Waals surface area contributed by atoms with Crippen LogP contribution in [0.5, 0.6) is 11.6 Å². The van der Waals surface area contributed by atoms with Crippen LogP contribution in [0.25, 0.3) is 10.8 Å². The first-order valence-electron chi connectivity index (χ1n) is 8.50. The number of fused-ring (bicyclic) bond motifs is 3. The number of aromatic nitrogens is 1. The van der Waals surface area contributed by atoms with Crippen LogP contribution in [0.2, 0.25) is 0 Å². The quantitative estimate of drug-likeness (QED) is 0.805. The maximum atomic E-state index is 11.8. The highest BCUT2D eigenvalue weighted by Crippen LogP contribution is 2.31. The van der Waals surface area contributed by atoms with E-state index < -0.39 is 5.91 Å². The molecule has 0 radical (unpaired) electrons. The molecule has 2 aromatic rings. The molecule has 7 nitrogen and oxygen atoms in total. The lowest BCUT2D eigenvalue weighted by Crippen LogP contribution is -2.28. The van der Waals surface area contributed by atoms with E-state index in [1.54, 1.807) is 18.3 Å². The normalized spacial score (nSPS) is 23.7. The monoisotopic (exact) mass is 343 g/mol. The average Bonchev–Trinajstić information content (AvgIpc) is 3.06. The van der Waals surface area contributed by atoms with Crippen molar-refractivity contribution in [2.75, 3.05) is 33.0 Å². The SMILES string of the molecule is NC(=O)c1cc2ccnc3c2cc1OCCOCC1CNC(CO3)C1. The molecule has 3 N–H and O–H groups in total. The minimum atomic E-state index is -0.527. The maximum Gasteiger partial charge on any atom is 0.252 e. The second kappa shape index (κ2) is 6.85. The lowest BCUT2D eigenvalue weighted by molar-refractivity contribution is 0.0765. The van der Waals surface area contributed by atoms with Gasteiger partial charge in [0.25, 0.3) is 5.91 Å². The smallest absolute Gasteiger partial charge is 0.252 e. The number of nitrogens with one attached hydrogen (secondary N) is 1.